The second-order valence-electron chi connectivity index (χ2n) is 12.0. The van der Waals surface area contributed by atoms with Gasteiger partial charge in [-0.05, 0) is 49.8 Å². The summed E-state index contributed by atoms with van der Waals surface area (Å²) in [5, 5.41) is 10.4. The Hall–Kier alpha value is -4.43. The number of carbonyl (C=O) groups excluding carboxylic acids is 3. The predicted molar refractivity (Wildman–Crippen MR) is 172 cm³/mol. The van der Waals surface area contributed by atoms with Crippen LogP contribution in [-0.2, 0) is 45.9 Å². The van der Waals surface area contributed by atoms with Crippen molar-refractivity contribution in [1.29, 1.82) is 0 Å². The second-order valence-corrected chi connectivity index (χ2v) is 14.0. The number of aromatic nitrogens is 2. The van der Waals surface area contributed by atoms with Crippen LogP contribution in [0.4, 0.5) is 0 Å². The Morgan fingerprint density at radius 1 is 0.979 bits per heavy atom. The number of sulfonamides is 1. The number of fused-ring (bicyclic) bond motifs is 2. The fourth-order valence-corrected chi connectivity index (χ4v) is 7.87. The van der Waals surface area contributed by atoms with Gasteiger partial charge >= 0.3 is 0 Å². The van der Waals surface area contributed by atoms with Crippen LogP contribution in [0.2, 0.25) is 0 Å². The van der Waals surface area contributed by atoms with Gasteiger partial charge < -0.3 is 25.0 Å². The van der Waals surface area contributed by atoms with Gasteiger partial charge in [0.1, 0.15) is 13.2 Å². The summed E-state index contributed by atoms with van der Waals surface area (Å²) in [4.78, 5) is 41.8. The summed E-state index contributed by atoms with van der Waals surface area (Å²) < 4.78 is 42.0. The van der Waals surface area contributed by atoms with Gasteiger partial charge in [0.2, 0.25) is 21.8 Å². The minimum Gasteiger partial charge on any atom is -0.486 e. The monoisotopic (exact) mass is 664 g/mol. The molecular formula is C33H40N6O7S. The lowest BCUT2D eigenvalue weighted by Gasteiger charge is -2.27. The SMILES string of the molecule is Cn1nc2c3c1CCC(C3)NC(=O)CN(CCc1ccccc1)C(=O)CCCN(S(=O)(=O)c1ccc3c(c1)OCCO3)CCNC2=O. The highest BCUT2D eigenvalue weighted by Crippen LogP contribution is 2.33. The highest BCUT2D eigenvalue weighted by Gasteiger charge is 2.31. The van der Waals surface area contributed by atoms with Crippen LogP contribution in [0.3, 0.4) is 0 Å². The molecule has 0 saturated carbocycles. The summed E-state index contributed by atoms with van der Waals surface area (Å²) in [5.41, 5.74) is 3.01. The van der Waals surface area contributed by atoms with Crippen LogP contribution in [-0.4, -0.2) is 97.1 Å². The van der Waals surface area contributed by atoms with Crippen LogP contribution in [0, 0.1) is 0 Å². The first-order valence-electron chi connectivity index (χ1n) is 16.0. The van der Waals surface area contributed by atoms with Crippen molar-refractivity contribution < 1.29 is 32.3 Å². The van der Waals surface area contributed by atoms with Crippen molar-refractivity contribution in [2.75, 3.05) is 45.9 Å². The molecule has 6 rings (SSSR count). The van der Waals surface area contributed by atoms with E-state index in [1.807, 2.05) is 30.3 Å². The van der Waals surface area contributed by atoms with Crippen molar-refractivity contribution in [3.63, 3.8) is 0 Å². The van der Waals surface area contributed by atoms with Gasteiger partial charge in [-0.1, -0.05) is 30.3 Å². The molecule has 250 valence electrons. The first-order chi connectivity index (χ1) is 22.7. The number of ether oxygens (including phenoxy) is 2. The van der Waals surface area contributed by atoms with Gasteiger partial charge in [0.25, 0.3) is 5.91 Å². The van der Waals surface area contributed by atoms with Crippen LogP contribution >= 0.6 is 0 Å². The van der Waals surface area contributed by atoms with E-state index < -0.39 is 15.9 Å². The molecule has 1 atom stereocenters. The van der Waals surface area contributed by atoms with Crippen LogP contribution in [0.25, 0.3) is 0 Å². The predicted octanol–water partition coefficient (Wildman–Crippen LogP) is 1.45. The van der Waals surface area contributed by atoms with Crippen molar-refractivity contribution >= 4 is 27.7 Å². The normalized spacial score (nSPS) is 19.9. The van der Waals surface area contributed by atoms with Crippen molar-refractivity contribution in [1.82, 2.24) is 29.6 Å². The summed E-state index contributed by atoms with van der Waals surface area (Å²) in [6, 6.07) is 14.0. The Balaban J connectivity index is 1.26. The van der Waals surface area contributed by atoms with Gasteiger partial charge in [-0.3, -0.25) is 19.1 Å². The maximum atomic E-state index is 13.9. The van der Waals surface area contributed by atoms with Gasteiger partial charge in [0.15, 0.2) is 17.2 Å². The lowest BCUT2D eigenvalue weighted by Crippen LogP contribution is -2.46. The average Bonchev–Trinajstić information content (AvgIpc) is 3.40. The summed E-state index contributed by atoms with van der Waals surface area (Å²) in [6.45, 7) is 0.952. The maximum absolute atomic E-state index is 13.9. The van der Waals surface area contributed by atoms with Gasteiger partial charge in [-0.2, -0.15) is 9.40 Å². The summed E-state index contributed by atoms with van der Waals surface area (Å²) in [7, 11) is -2.26. The Morgan fingerprint density at radius 3 is 2.57 bits per heavy atom. The van der Waals surface area contributed by atoms with Gasteiger partial charge in [-0.15, -0.1) is 0 Å². The van der Waals surface area contributed by atoms with E-state index in [9.17, 15) is 22.8 Å². The Morgan fingerprint density at radius 2 is 1.77 bits per heavy atom. The largest absolute Gasteiger partial charge is 0.486 e. The van der Waals surface area contributed by atoms with Gasteiger partial charge in [0.05, 0.1) is 11.4 Å². The van der Waals surface area contributed by atoms with E-state index in [0.29, 0.717) is 56.9 Å². The smallest absolute Gasteiger partial charge is 0.272 e. The first kappa shape index (κ1) is 32.5. The number of benzene rings is 2. The fourth-order valence-electron chi connectivity index (χ4n) is 6.37. The highest BCUT2D eigenvalue weighted by molar-refractivity contribution is 7.89. The molecule has 14 heteroatoms. The molecule has 1 aromatic heterocycles. The summed E-state index contributed by atoms with van der Waals surface area (Å²) >= 11 is 0. The number of hydrogen-bond acceptors (Lipinski definition) is 8. The van der Waals surface area contributed by atoms with E-state index in [2.05, 4.69) is 15.7 Å². The molecule has 0 spiro atoms. The molecule has 2 bridgehead atoms. The average molecular weight is 665 g/mol. The molecule has 1 unspecified atom stereocenters. The topological polar surface area (TPSA) is 152 Å². The molecule has 1 aliphatic carbocycles. The highest BCUT2D eigenvalue weighted by atomic mass is 32.2. The number of hydrogen-bond donors (Lipinski definition) is 2. The molecule has 2 aliphatic heterocycles. The van der Waals surface area contributed by atoms with E-state index in [-0.39, 0.29) is 67.5 Å². The zero-order valence-electron chi connectivity index (χ0n) is 26.4. The molecule has 2 N–H and O–H groups in total. The van der Waals surface area contributed by atoms with Crippen LogP contribution in [0.15, 0.2) is 53.4 Å². The van der Waals surface area contributed by atoms with E-state index in [4.69, 9.17) is 9.47 Å². The molecule has 0 radical (unpaired) electrons. The standard InChI is InChI=1S/C33H40N6O7S/c1-37-27-11-9-24-20-26(27)32(36-37)33(42)34-14-17-39(47(43,44)25-10-12-28-29(21-25)46-19-18-45-28)15-5-8-31(41)38(22-30(40)35-24)16-13-23-6-3-2-4-7-23/h2-4,6-7,10,12,21,24H,5,8-9,11,13-20,22H2,1H3,(H,34,42)(H,35,40). The van der Waals surface area contributed by atoms with Gasteiger partial charge in [0, 0.05) is 63.0 Å². The number of carbonyl (C=O) groups is 3. The second kappa shape index (κ2) is 14.1. The molecule has 47 heavy (non-hydrogen) atoms. The third-order valence-electron chi connectivity index (χ3n) is 8.83. The van der Waals surface area contributed by atoms with Crippen molar-refractivity contribution in [3.8, 4) is 11.5 Å². The van der Waals surface area contributed by atoms with Gasteiger partial charge in [-0.25, -0.2) is 8.42 Å². The van der Waals surface area contributed by atoms with Crippen molar-refractivity contribution in [2.45, 2.75) is 49.5 Å². The lowest BCUT2D eigenvalue weighted by molar-refractivity contribution is -0.136. The number of nitrogens with one attached hydrogen (secondary N) is 2. The fraction of sp³-hybridized carbons (Fsp3) is 0.455. The maximum Gasteiger partial charge on any atom is 0.272 e. The molecular weight excluding hydrogens is 624 g/mol. The molecule has 13 nitrogen and oxygen atoms in total. The molecule has 0 fully saturated rings. The first-order valence-corrected chi connectivity index (χ1v) is 17.5. The number of rotatable bonds is 5. The quantitative estimate of drug-likeness (QED) is 0.416. The molecule has 2 aromatic carbocycles. The lowest BCUT2D eigenvalue weighted by atomic mass is 9.91. The van der Waals surface area contributed by atoms with Crippen LogP contribution < -0.4 is 20.1 Å². The number of aryl methyl sites for hydroxylation is 1. The zero-order valence-corrected chi connectivity index (χ0v) is 27.3. The van der Waals surface area contributed by atoms with E-state index in [0.717, 1.165) is 16.8 Å². The molecule has 3 aliphatic rings. The third kappa shape index (κ3) is 7.43. The Kier molecular flexibility index (Phi) is 9.78. The minimum atomic E-state index is -4.05. The van der Waals surface area contributed by atoms with Crippen LogP contribution in [0.1, 0.15) is 46.6 Å². The molecule has 3 heterocycles. The third-order valence-corrected chi connectivity index (χ3v) is 10.7. The minimum absolute atomic E-state index is 0.0217. The summed E-state index contributed by atoms with van der Waals surface area (Å²) in [5.74, 6) is -0.0980. The van der Waals surface area contributed by atoms with Crippen LogP contribution in [0.5, 0.6) is 11.5 Å². The zero-order chi connectivity index (χ0) is 33.0. The van der Waals surface area contributed by atoms with E-state index in [1.165, 1.54) is 16.4 Å². The van der Waals surface area contributed by atoms with E-state index >= 15 is 0 Å². The van der Waals surface area contributed by atoms with Crippen molar-refractivity contribution in [2.24, 2.45) is 7.05 Å². The Bertz CT molecular complexity index is 1740. The van der Waals surface area contributed by atoms with E-state index in [1.54, 1.807) is 22.7 Å². The molecule has 3 amide bonds. The summed E-state index contributed by atoms with van der Waals surface area (Å²) in [6.07, 6.45) is 2.59. The number of nitrogens with zero attached hydrogens (tertiary/aromatic N) is 4. The molecule has 3 aromatic rings. The molecule has 0 saturated heterocycles. The Labute approximate surface area is 274 Å². The van der Waals surface area contributed by atoms with Crippen molar-refractivity contribution in [3.05, 3.63) is 71.0 Å². The number of amides is 3.